The molecule has 4 N–H and O–H groups in total. The average molecular weight is 358 g/mol. The number of halogens is 1. The quantitative estimate of drug-likeness (QED) is 0.734. The topological polar surface area (TPSA) is 91.2 Å². The van der Waals surface area contributed by atoms with Crippen LogP contribution in [0.25, 0.3) is 10.9 Å². The summed E-state index contributed by atoms with van der Waals surface area (Å²) in [6.45, 7) is 8.46. The van der Waals surface area contributed by atoms with E-state index in [1.807, 2.05) is 13.8 Å². The van der Waals surface area contributed by atoms with Gasteiger partial charge in [0.2, 0.25) is 5.91 Å². The van der Waals surface area contributed by atoms with Crippen molar-refractivity contribution in [2.45, 2.75) is 32.7 Å². The summed E-state index contributed by atoms with van der Waals surface area (Å²) in [5.41, 5.74) is 8.22. The number of primary amides is 1. The lowest BCUT2D eigenvalue weighted by Gasteiger charge is -2.32. The molecule has 1 fully saturated rings. The number of H-pyrrole nitrogens is 1. The summed E-state index contributed by atoms with van der Waals surface area (Å²) in [4.78, 5) is 28.3. The van der Waals surface area contributed by atoms with Gasteiger partial charge in [0, 0.05) is 30.2 Å². The zero-order valence-electron chi connectivity index (χ0n) is 15.0. The first kappa shape index (κ1) is 18.0. The molecule has 2 aromatic rings. The van der Waals surface area contributed by atoms with Crippen LogP contribution in [0.1, 0.15) is 34.5 Å². The number of nitrogens with two attached hydrogens (primary N) is 1. The molecule has 1 aromatic carbocycles. The van der Waals surface area contributed by atoms with E-state index in [-0.39, 0.29) is 17.5 Å². The molecular formula is C19H23FN4O2. The second kappa shape index (κ2) is 6.82. The fraction of sp³-hybridized carbons (Fsp3) is 0.368. The standard InChI is InChI=1S/C19H23FN4O2/c1-4-15(25)24-7-5-12(6-8-24)23-18-14(20)9-13(19(21)26)17-16(18)10(2)11(3)22-17/h4,9,12,22-23H,1,5-8H2,2-3H3,(H2,21,26). The van der Waals surface area contributed by atoms with Crippen molar-refractivity contribution in [2.24, 2.45) is 5.73 Å². The molecule has 1 aliphatic heterocycles. The molecule has 138 valence electrons. The Kier molecular flexibility index (Phi) is 4.71. The SMILES string of the molecule is C=CC(=O)N1CCC(Nc2c(F)cc(C(N)=O)c3[nH]c(C)c(C)c23)CC1. The summed E-state index contributed by atoms with van der Waals surface area (Å²) in [6.07, 6.45) is 2.73. The van der Waals surface area contributed by atoms with Crippen LogP contribution in [0.3, 0.4) is 0 Å². The molecule has 0 bridgehead atoms. The number of nitrogens with zero attached hydrogens (tertiary/aromatic N) is 1. The monoisotopic (exact) mass is 358 g/mol. The van der Waals surface area contributed by atoms with Crippen molar-refractivity contribution in [3.05, 3.63) is 41.4 Å². The third-order valence-electron chi connectivity index (χ3n) is 5.12. The number of hydrogen-bond donors (Lipinski definition) is 3. The first-order valence-corrected chi connectivity index (χ1v) is 8.62. The number of nitrogens with one attached hydrogen (secondary N) is 2. The van der Waals surface area contributed by atoms with Gasteiger partial charge in [0.05, 0.1) is 16.8 Å². The van der Waals surface area contributed by atoms with Crippen LogP contribution in [-0.4, -0.2) is 40.8 Å². The Morgan fingerprint density at radius 3 is 2.62 bits per heavy atom. The van der Waals surface area contributed by atoms with Crippen molar-refractivity contribution in [3.63, 3.8) is 0 Å². The van der Waals surface area contributed by atoms with Gasteiger partial charge in [0.1, 0.15) is 5.82 Å². The van der Waals surface area contributed by atoms with Crippen LogP contribution >= 0.6 is 0 Å². The van der Waals surface area contributed by atoms with Crippen molar-refractivity contribution in [2.75, 3.05) is 18.4 Å². The molecule has 2 heterocycles. The van der Waals surface area contributed by atoms with Gasteiger partial charge < -0.3 is 20.9 Å². The Bertz CT molecular complexity index is 895. The predicted octanol–water partition coefficient (Wildman–Crippen LogP) is 2.61. The van der Waals surface area contributed by atoms with Gasteiger partial charge in [0.25, 0.3) is 5.91 Å². The minimum Gasteiger partial charge on any atom is -0.379 e. The van der Waals surface area contributed by atoms with E-state index in [1.165, 1.54) is 12.1 Å². The molecule has 0 aliphatic carbocycles. The summed E-state index contributed by atoms with van der Waals surface area (Å²) in [5, 5.41) is 3.93. The van der Waals surface area contributed by atoms with Crippen LogP contribution in [0.4, 0.5) is 10.1 Å². The zero-order chi connectivity index (χ0) is 19.0. The Hall–Kier alpha value is -2.83. The summed E-state index contributed by atoms with van der Waals surface area (Å²) >= 11 is 0. The number of carbonyl (C=O) groups is 2. The van der Waals surface area contributed by atoms with Crippen LogP contribution < -0.4 is 11.1 Å². The van der Waals surface area contributed by atoms with Crippen LogP contribution in [0.15, 0.2) is 18.7 Å². The highest BCUT2D eigenvalue weighted by Crippen LogP contribution is 2.35. The maximum atomic E-state index is 14.8. The van der Waals surface area contributed by atoms with E-state index in [1.54, 1.807) is 4.90 Å². The van der Waals surface area contributed by atoms with Crippen LogP contribution in [0, 0.1) is 19.7 Å². The molecule has 1 aliphatic rings. The van der Waals surface area contributed by atoms with Gasteiger partial charge >= 0.3 is 0 Å². The zero-order valence-corrected chi connectivity index (χ0v) is 15.0. The van der Waals surface area contributed by atoms with E-state index in [2.05, 4.69) is 16.9 Å². The molecule has 1 saturated heterocycles. The van der Waals surface area contributed by atoms with Crippen LogP contribution in [0.2, 0.25) is 0 Å². The van der Waals surface area contributed by atoms with Gasteiger partial charge in [-0.3, -0.25) is 9.59 Å². The number of likely N-dealkylation sites (tertiary alicyclic amines) is 1. The van der Waals surface area contributed by atoms with Crippen molar-refractivity contribution >= 4 is 28.4 Å². The van der Waals surface area contributed by atoms with Crippen molar-refractivity contribution < 1.29 is 14.0 Å². The van der Waals surface area contributed by atoms with E-state index >= 15 is 0 Å². The molecule has 0 saturated carbocycles. The summed E-state index contributed by atoms with van der Waals surface area (Å²) in [5.74, 6) is -1.25. The highest BCUT2D eigenvalue weighted by molar-refractivity contribution is 6.10. The molecule has 1 aromatic heterocycles. The van der Waals surface area contributed by atoms with Crippen LogP contribution in [-0.2, 0) is 4.79 Å². The van der Waals surface area contributed by atoms with Gasteiger partial charge in [-0.15, -0.1) is 0 Å². The second-order valence-corrected chi connectivity index (χ2v) is 6.72. The number of fused-ring (bicyclic) bond motifs is 1. The minimum atomic E-state index is -0.669. The van der Waals surface area contributed by atoms with Crippen molar-refractivity contribution in [3.8, 4) is 0 Å². The minimum absolute atomic E-state index is 0.0376. The van der Waals surface area contributed by atoms with Gasteiger partial charge in [0.15, 0.2) is 0 Å². The summed E-state index contributed by atoms with van der Waals surface area (Å²) in [7, 11) is 0. The fourth-order valence-electron chi connectivity index (χ4n) is 3.54. The predicted molar refractivity (Wildman–Crippen MR) is 99.7 cm³/mol. The van der Waals surface area contributed by atoms with Gasteiger partial charge in [-0.25, -0.2) is 4.39 Å². The number of benzene rings is 1. The second-order valence-electron chi connectivity index (χ2n) is 6.72. The number of amides is 2. The maximum absolute atomic E-state index is 14.8. The van der Waals surface area contributed by atoms with E-state index in [0.717, 1.165) is 11.3 Å². The largest absolute Gasteiger partial charge is 0.379 e. The number of carbonyl (C=O) groups excluding carboxylic acids is 2. The summed E-state index contributed by atoms with van der Waals surface area (Å²) < 4.78 is 14.8. The molecule has 0 unspecified atom stereocenters. The molecule has 0 atom stereocenters. The number of anilines is 1. The molecule has 26 heavy (non-hydrogen) atoms. The van der Waals surface area contributed by atoms with E-state index in [0.29, 0.717) is 42.5 Å². The van der Waals surface area contributed by atoms with E-state index in [9.17, 15) is 14.0 Å². The van der Waals surface area contributed by atoms with Gasteiger partial charge in [-0.1, -0.05) is 6.58 Å². The lowest BCUT2D eigenvalue weighted by atomic mass is 10.0. The van der Waals surface area contributed by atoms with Crippen molar-refractivity contribution in [1.82, 2.24) is 9.88 Å². The Morgan fingerprint density at radius 2 is 2.04 bits per heavy atom. The smallest absolute Gasteiger partial charge is 0.250 e. The number of aromatic amines is 1. The Labute approximate surface area is 151 Å². The lowest BCUT2D eigenvalue weighted by Crippen LogP contribution is -2.41. The Balaban J connectivity index is 1.93. The summed E-state index contributed by atoms with van der Waals surface area (Å²) in [6, 6.07) is 1.22. The fourth-order valence-corrected chi connectivity index (χ4v) is 3.54. The normalized spacial score (nSPS) is 15.3. The first-order valence-electron chi connectivity index (χ1n) is 8.62. The van der Waals surface area contributed by atoms with E-state index < -0.39 is 11.7 Å². The van der Waals surface area contributed by atoms with Gasteiger partial charge in [-0.2, -0.15) is 0 Å². The highest BCUT2D eigenvalue weighted by atomic mass is 19.1. The molecular weight excluding hydrogens is 335 g/mol. The maximum Gasteiger partial charge on any atom is 0.250 e. The van der Waals surface area contributed by atoms with Crippen molar-refractivity contribution in [1.29, 1.82) is 0 Å². The number of aryl methyl sites for hydroxylation is 2. The number of rotatable bonds is 4. The number of piperidine rings is 1. The highest BCUT2D eigenvalue weighted by Gasteiger charge is 2.25. The third-order valence-corrected chi connectivity index (χ3v) is 5.12. The lowest BCUT2D eigenvalue weighted by molar-refractivity contribution is -0.126. The third kappa shape index (κ3) is 3.05. The van der Waals surface area contributed by atoms with Crippen LogP contribution in [0.5, 0.6) is 0 Å². The average Bonchev–Trinajstić information content (AvgIpc) is 2.92. The van der Waals surface area contributed by atoms with Gasteiger partial charge in [-0.05, 0) is 44.4 Å². The molecule has 3 rings (SSSR count). The molecule has 7 heteroatoms. The molecule has 0 spiro atoms. The Morgan fingerprint density at radius 1 is 1.38 bits per heavy atom. The first-order chi connectivity index (χ1) is 12.3. The number of hydrogen-bond acceptors (Lipinski definition) is 3. The van der Waals surface area contributed by atoms with E-state index in [4.69, 9.17) is 5.73 Å². The molecule has 0 radical (unpaired) electrons. The molecule has 2 amide bonds. The number of aromatic nitrogens is 1. The molecule has 6 nitrogen and oxygen atoms in total.